The van der Waals surface area contributed by atoms with Crippen LogP contribution in [0.15, 0.2) is 21.8 Å². The molecule has 0 aliphatic carbocycles. The Labute approximate surface area is 60.6 Å². The van der Waals surface area contributed by atoms with E-state index in [4.69, 9.17) is 0 Å². The second-order valence-electron chi connectivity index (χ2n) is 1.98. The van der Waals surface area contributed by atoms with Crippen molar-refractivity contribution in [2.75, 3.05) is 7.05 Å². The molecule has 10 heavy (non-hydrogen) atoms. The second kappa shape index (κ2) is 3.15. The molecule has 0 aromatic rings. The highest BCUT2D eigenvalue weighted by Crippen LogP contribution is 2.01. The lowest BCUT2D eigenvalue weighted by Crippen LogP contribution is -2.07. The average Bonchev–Trinajstić information content (AvgIpc) is 2.36. The molecule has 3 nitrogen and oxygen atoms in total. The van der Waals surface area contributed by atoms with Gasteiger partial charge in [0.2, 0.25) is 0 Å². The van der Waals surface area contributed by atoms with E-state index in [1.165, 1.54) is 0 Å². The van der Waals surface area contributed by atoms with Crippen LogP contribution >= 0.6 is 0 Å². The zero-order valence-electron chi connectivity index (χ0n) is 6.26. The Bertz CT molecular complexity index is 201. The van der Waals surface area contributed by atoms with Gasteiger partial charge < -0.3 is 5.32 Å². The molecule has 1 N–H and O–H groups in total. The van der Waals surface area contributed by atoms with Crippen molar-refractivity contribution in [3.8, 4) is 0 Å². The van der Waals surface area contributed by atoms with Crippen LogP contribution in [0.2, 0.25) is 0 Å². The maximum absolute atomic E-state index is 4.00. The largest absolute Gasteiger partial charge is 0.343 e. The van der Waals surface area contributed by atoms with Crippen LogP contribution in [-0.4, -0.2) is 19.2 Å². The van der Waals surface area contributed by atoms with Gasteiger partial charge in [0, 0.05) is 7.05 Å². The maximum Gasteiger partial charge on any atom is 0.172 e. The molecule has 3 heteroatoms. The molecule has 0 radical (unpaired) electrons. The zero-order chi connectivity index (χ0) is 7.40. The standard InChI is InChI=1S/C7H11N3/c1-3-4-6-7(8-2)10-5-9-6/h4-5H,3H2,1-2H3,(H,8,9,10)/b6-4+. The molecule has 0 saturated heterocycles. The molecule has 0 bridgehead atoms. The first kappa shape index (κ1) is 6.99. The summed E-state index contributed by atoms with van der Waals surface area (Å²) < 4.78 is 0. The summed E-state index contributed by atoms with van der Waals surface area (Å²) in [5.41, 5.74) is 1.02. The summed E-state index contributed by atoms with van der Waals surface area (Å²) in [5, 5.41) is 3.00. The van der Waals surface area contributed by atoms with Gasteiger partial charge in [0.05, 0.1) is 12.0 Å². The van der Waals surface area contributed by atoms with Gasteiger partial charge >= 0.3 is 0 Å². The minimum absolute atomic E-state index is 0.793. The second-order valence-corrected chi connectivity index (χ2v) is 1.98. The van der Waals surface area contributed by atoms with Gasteiger partial charge in [-0.25, -0.2) is 4.99 Å². The number of hydrogen-bond acceptors (Lipinski definition) is 2. The minimum Gasteiger partial charge on any atom is -0.343 e. The van der Waals surface area contributed by atoms with E-state index in [1.54, 1.807) is 13.4 Å². The zero-order valence-corrected chi connectivity index (χ0v) is 6.26. The average molecular weight is 137 g/mol. The molecular formula is C7H11N3. The number of nitrogens with zero attached hydrogens (tertiary/aromatic N) is 2. The van der Waals surface area contributed by atoms with Gasteiger partial charge in [-0.05, 0) is 6.42 Å². The summed E-state index contributed by atoms with van der Waals surface area (Å²) in [4.78, 5) is 7.98. The van der Waals surface area contributed by atoms with Crippen LogP contribution in [-0.2, 0) is 0 Å². The predicted molar refractivity (Wildman–Crippen MR) is 43.4 cm³/mol. The third-order valence-corrected chi connectivity index (χ3v) is 1.27. The van der Waals surface area contributed by atoms with Gasteiger partial charge in [0.1, 0.15) is 0 Å². The van der Waals surface area contributed by atoms with Crippen LogP contribution in [0.1, 0.15) is 13.3 Å². The van der Waals surface area contributed by atoms with Crippen molar-refractivity contribution in [2.24, 2.45) is 9.98 Å². The smallest absolute Gasteiger partial charge is 0.172 e. The van der Waals surface area contributed by atoms with Crippen LogP contribution in [0.25, 0.3) is 0 Å². The van der Waals surface area contributed by atoms with E-state index in [0.717, 1.165) is 18.0 Å². The Balaban J connectivity index is 2.75. The maximum atomic E-state index is 4.00. The van der Waals surface area contributed by atoms with E-state index >= 15 is 0 Å². The van der Waals surface area contributed by atoms with E-state index in [-0.39, 0.29) is 0 Å². The number of allylic oxidation sites excluding steroid dienone is 1. The summed E-state index contributed by atoms with van der Waals surface area (Å²) >= 11 is 0. The molecule has 1 aliphatic rings. The molecule has 0 unspecified atom stereocenters. The van der Waals surface area contributed by atoms with E-state index in [0.29, 0.717) is 0 Å². The lowest BCUT2D eigenvalue weighted by molar-refractivity contribution is 1.16. The SMILES string of the molecule is CC/C=C1/NC=NC1=NC. The molecule has 1 aliphatic heterocycles. The predicted octanol–water partition coefficient (Wildman–Crippen LogP) is 0.940. The van der Waals surface area contributed by atoms with Crippen molar-refractivity contribution < 1.29 is 0 Å². The Kier molecular flexibility index (Phi) is 2.20. The Morgan fingerprint density at radius 2 is 2.60 bits per heavy atom. The van der Waals surface area contributed by atoms with E-state index in [9.17, 15) is 0 Å². The number of nitrogens with one attached hydrogen (secondary N) is 1. The van der Waals surface area contributed by atoms with Gasteiger partial charge in [-0.2, -0.15) is 0 Å². The first-order valence-electron chi connectivity index (χ1n) is 3.35. The summed E-state index contributed by atoms with van der Waals surface area (Å²) in [7, 11) is 1.74. The summed E-state index contributed by atoms with van der Waals surface area (Å²) in [5.74, 6) is 0.793. The van der Waals surface area contributed by atoms with Crippen LogP contribution < -0.4 is 5.32 Å². The summed E-state index contributed by atoms with van der Waals surface area (Å²) in [6.07, 6.45) is 4.73. The fraction of sp³-hybridized carbons (Fsp3) is 0.429. The highest BCUT2D eigenvalue weighted by Gasteiger charge is 2.06. The fourth-order valence-corrected chi connectivity index (χ4v) is 0.830. The lowest BCUT2D eigenvalue weighted by Gasteiger charge is -1.94. The lowest BCUT2D eigenvalue weighted by atomic mass is 10.3. The van der Waals surface area contributed by atoms with Gasteiger partial charge in [-0.3, -0.25) is 4.99 Å². The number of amidine groups is 1. The first-order valence-corrected chi connectivity index (χ1v) is 3.35. The molecule has 0 aromatic carbocycles. The molecule has 0 fully saturated rings. The number of rotatable bonds is 1. The first-order chi connectivity index (χ1) is 4.88. The number of hydrogen-bond donors (Lipinski definition) is 1. The Hall–Kier alpha value is -1.12. The molecular weight excluding hydrogens is 126 g/mol. The Morgan fingerprint density at radius 3 is 3.20 bits per heavy atom. The van der Waals surface area contributed by atoms with Crippen LogP contribution in [0.5, 0.6) is 0 Å². The van der Waals surface area contributed by atoms with Crippen molar-refractivity contribution in [1.82, 2.24) is 5.32 Å². The molecule has 0 saturated carbocycles. The normalized spacial score (nSPS) is 24.2. The van der Waals surface area contributed by atoms with Crippen molar-refractivity contribution >= 4 is 12.2 Å². The van der Waals surface area contributed by atoms with Crippen LogP contribution in [0, 0.1) is 0 Å². The molecule has 0 amide bonds. The minimum atomic E-state index is 0.793. The molecule has 1 rings (SSSR count). The molecule has 1 heterocycles. The molecule has 0 aromatic heterocycles. The van der Waals surface area contributed by atoms with Crippen LogP contribution in [0.3, 0.4) is 0 Å². The van der Waals surface area contributed by atoms with E-state index in [1.807, 2.05) is 0 Å². The third kappa shape index (κ3) is 1.23. The topological polar surface area (TPSA) is 36.8 Å². The van der Waals surface area contributed by atoms with E-state index < -0.39 is 0 Å². The van der Waals surface area contributed by atoms with Gasteiger partial charge in [-0.15, -0.1) is 0 Å². The van der Waals surface area contributed by atoms with Crippen LogP contribution in [0.4, 0.5) is 0 Å². The molecule has 0 atom stereocenters. The quantitative estimate of drug-likeness (QED) is 0.573. The number of aliphatic imine (C=N–C) groups is 2. The highest BCUT2D eigenvalue weighted by molar-refractivity contribution is 6.07. The summed E-state index contributed by atoms with van der Waals surface area (Å²) in [6.45, 7) is 2.08. The van der Waals surface area contributed by atoms with Gasteiger partial charge in [0.15, 0.2) is 5.84 Å². The Morgan fingerprint density at radius 1 is 1.80 bits per heavy atom. The monoisotopic (exact) mass is 137 g/mol. The molecule has 54 valence electrons. The van der Waals surface area contributed by atoms with Crippen molar-refractivity contribution in [2.45, 2.75) is 13.3 Å². The van der Waals surface area contributed by atoms with Gasteiger partial charge in [0.25, 0.3) is 0 Å². The van der Waals surface area contributed by atoms with Crippen molar-refractivity contribution in [3.05, 3.63) is 11.8 Å². The van der Waals surface area contributed by atoms with Crippen molar-refractivity contribution in [3.63, 3.8) is 0 Å². The molecule has 0 spiro atoms. The fourth-order valence-electron chi connectivity index (χ4n) is 0.830. The van der Waals surface area contributed by atoms with E-state index in [2.05, 4.69) is 28.3 Å². The van der Waals surface area contributed by atoms with Crippen molar-refractivity contribution in [1.29, 1.82) is 0 Å². The third-order valence-electron chi connectivity index (χ3n) is 1.27. The van der Waals surface area contributed by atoms with Gasteiger partial charge in [-0.1, -0.05) is 13.0 Å². The summed E-state index contributed by atoms with van der Waals surface area (Å²) in [6, 6.07) is 0. The highest BCUT2D eigenvalue weighted by atomic mass is 15.1.